The minimum atomic E-state index is -0.0701. The second-order valence-electron chi connectivity index (χ2n) is 6.33. The maximum atomic E-state index is 12.4. The van der Waals surface area contributed by atoms with E-state index in [0.717, 1.165) is 18.6 Å². The maximum absolute atomic E-state index is 12.4. The molecule has 5 nitrogen and oxygen atoms in total. The maximum Gasteiger partial charge on any atom is 0.289 e. The van der Waals surface area contributed by atoms with Gasteiger partial charge in [-0.05, 0) is 49.2 Å². The van der Waals surface area contributed by atoms with Crippen molar-refractivity contribution in [3.8, 4) is 5.75 Å². The number of aryl methyl sites for hydroxylation is 2. The molecule has 0 unspecified atom stereocenters. The first-order chi connectivity index (χ1) is 11.6. The number of piperidine rings is 1. The highest BCUT2D eigenvalue weighted by atomic mass is 35.5. The number of nitrogens with zero attached hydrogens (tertiary/aromatic N) is 1. The van der Waals surface area contributed by atoms with Gasteiger partial charge in [-0.3, -0.25) is 4.79 Å². The molecular weight excluding hydrogens is 340 g/mol. The Morgan fingerprint density at radius 1 is 1.20 bits per heavy atom. The number of rotatable bonds is 4. The molecule has 2 aromatic rings. The lowest BCUT2D eigenvalue weighted by Crippen LogP contribution is -2.41. The summed E-state index contributed by atoms with van der Waals surface area (Å²) in [6.07, 6.45) is 1.79. The molecule has 1 fully saturated rings. The van der Waals surface area contributed by atoms with Crippen molar-refractivity contribution >= 4 is 18.3 Å². The fourth-order valence-corrected chi connectivity index (χ4v) is 2.91. The molecule has 136 valence electrons. The smallest absolute Gasteiger partial charge is 0.289 e. The van der Waals surface area contributed by atoms with E-state index < -0.39 is 0 Å². The van der Waals surface area contributed by atoms with Crippen LogP contribution in [-0.2, 0) is 6.54 Å². The van der Waals surface area contributed by atoms with E-state index in [9.17, 15) is 4.79 Å². The lowest BCUT2D eigenvalue weighted by molar-refractivity contribution is 0.0565. The first kappa shape index (κ1) is 19.3. The monoisotopic (exact) mass is 364 g/mol. The Bertz CT molecular complexity index is 721. The predicted molar refractivity (Wildman–Crippen MR) is 99.3 cm³/mol. The van der Waals surface area contributed by atoms with Gasteiger partial charge in [0.2, 0.25) is 0 Å². The highest BCUT2D eigenvalue weighted by Gasteiger charge is 2.26. The van der Waals surface area contributed by atoms with Gasteiger partial charge in [-0.25, -0.2) is 0 Å². The molecule has 3 rings (SSSR count). The molecule has 0 radical (unpaired) electrons. The van der Waals surface area contributed by atoms with Crippen molar-refractivity contribution < 1.29 is 13.9 Å². The molecule has 1 aliphatic rings. The zero-order chi connectivity index (χ0) is 17.1. The van der Waals surface area contributed by atoms with Gasteiger partial charge in [-0.1, -0.05) is 6.07 Å². The van der Waals surface area contributed by atoms with Gasteiger partial charge in [0.1, 0.15) is 17.6 Å². The van der Waals surface area contributed by atoms with E-state index in [2.05, 4.69) is 26.0 Å². The van der Waals surface area contributed by atoms with Gasteiger partial charge in [0.05, 0.1) is 6.54 Å². The number of amides is 1. The fraction of sp³-hybridized carbons (Fsp3) is 0.421. The number of furan rings is 1. The van der Waals surface area contributed by atoms with Crippen LogP contribution in [0.5, 0.6) is 5.75 Å². The van der Waals surface area contributed by atoms with E-state index in [0.29, 0.717) is 31.2 Å². The SMILES string of the molecule is Cc1ccc(OC2CCN(C(=O)c3ccc(CN)o3)CC2)cc1C.Cl. The van der Waals surface area contributed by atoms with Gasteiger partial charge in [-0.2, -0.15) is 0 Å². The van der Waals surface area contributed by atoms with Gasteiger partial charge < -0.3 is 19.8 Å². The molecule has 0 saturated carbocycles. The Balaban J connectivity index is 0.00000225. The lowest BCUT2D eigenvalue weighted by Gasteiger charge is -2.31. The number of ether oxygens (including phenoxy) is 1. The quantitative estimate of drug-likeness (QED) is 0.902. The molecule has 25 heavy (non-hydrogen) atoms. The molecule has 6 heteroatoms. The van der Waals surface area contributed by atoms with E-state index >= 15 is 0 Å². The predicted octanol–water partition coefficient (Wildman–Crippen LogP) is 3.46. The number of likely N-dealkylation sites (tertiary alicyclic amines) is 1. The van der Waals surface area contributed by atoms with Crippen LogP contribution < -0.4 is 10.5 Å². The molecular formula is C19H25ClN2O3. The highest BCUT2D eigenvalue weighted by Crippen LogP contribution is 2.22. The third kappa shape index (κ3) is 4.55. The number of benzene rings is 1. The molecule has 0 bridgehead atoms. The van der Waals surface area contributed by atoms with Crippen LogP contribution in [0.1, 0.15) is 40.3 Å². The summed E-state index contributed by atoms with van der Waals surface area (Å²) in [7, 11) is 0. The molecule has 0 aliphatic carbocycles. The Labute approximate surface area is 154 Å². The third-order valence-electron chi connectivity index (χ3n) is 4.58. The first-order valence-electron chi connectivity index (χ1n) is 8.39. The van der Waals surface area contributed by atoms with Crippen LogP contribution in [-0.4, -0.2) is 30.0 Å². The van der Waals surface area contributed by atoms with Gasteiger partial charge >= 0.3 is 0 Å². The molecule has 2 N–H and O–H groups in total. The average molecular weight is 365 g/mol. The van der Waals surface area contributed by atoms with Crippen LogP contribution in [0.2, 0.25) is 0 Å². The Morgan fingerprint density at radius 2 is 1.92 bits per heavy atom. The zero-order valence-corrected chi connectivity index (χ0v) is 15.5. The summed E-state index contributed by atoms with van der Waals surface area (Å²) in [6, 6.07) is 9.61. The second kappa shape index (κ2) is 8.41. The van der Waals surface area contributed by atoms with E-state index in [-0.39, 0.29) is 24.4 Å². The summed E-state index contributed by atoms with van der Waals surface area (Å²) in [5, 5.41) is 0. The van der Waals surface area contributed by atoms with Crippen molar-refractivity contribution in [3.63, 3.8) is 0 Å². The van der Waals surface area contributed by atoms with Crippen LogP contribution in [0.4, 0.5) is 0 Å². The number of hydrogen-bond acceptors (Lipinski definition) is 4. The van der Waals surface area contributed by atoms with Gasteiger partial charge in [0.15, 0.2) is 5.76 Å². The van der Waals surface area contributed by atoms with Gasteiger partial charge in [-0.15, -0.1) is 12.4 Å². The van der Waals surface area contributed by atoms with Crippen LogP contribution >= 0.6 is 12.4 Å². The summed E-state index contributed by atoms with van der Waals surface area (Å²) in [5.41, 5.74) is 8.01. The van der Waals surface area contributed by atoms with E-state index in [1.165, 1.54) is 11.1 Å². The lowest BCUT2D eigenvalue weighted by atomic mass is 10.1. The topological polar surface area (TPSA) is 68.7 Å². The number of nitrogens with two attached hydrogens (primary N) is 1. The van der Waals surface area contributed by atoms with E-state index in [4.69, 9.17) is 14.9 Å². The van der Waals surface area contributed by atoms with E-state index in [1.54, 1.807) is 12.1 Å². The molecule has 1 saturated heterocycles. The van der Waals surface area contributed by atoms with Crippen molar-refractivity contribution in [2.45, 2.75) is 39.3 Å². The molecule has 1 aliphatic heterocycles. The second-order valence-corrected chi connectivity index (χ2v) is 6.33. The average Bonchev–Trinajstić information content (AvgIpc) is 3.07. The zero-order valence-electron chi connectivity index (χ0n) is 14.7. The van der Waals surface area contributed by atoms with Crippen LogP contribution in [0.25, 0.3) is 0 Å². The summed E-state index contributed by atoms with van der Waals surface area (Å²) in [6.45, 7) is 5.83. The fourth-order valence-electron chi connectivity index (χ4n) is 2.91. The molecule has 1 aromatic carbocycles. The van der Waals surface area contributed by atoms with Crippen LogP contribution in [0.15, 0.2) is 34.7 Å². The molecule has 2 heterocycles. The van der Waals surface area contributed by atoms with Crippen molar-refractivity contribution in [1.82, 2.24) is 4.90 Å². The standard InChI is InChI=1S/C19H24N2O3.ClH/c1-13-3-4-16(11-14(13)2)23-15-7-9-21(10-8-15)19(22)18-6-5-17(12-20)24-18;/h3-6,11,15H,7-10,12,20H2,1-2H3;1H. The summed E-state index contributed by atoms with van der Waals surface area (Å²) >= 11 is 0. The minimum absolute atomic E-state index is 0. The number of carbonyl (C=O) groups is 1. The Hall–Kier alpha value is -1.98. The third-order valence-corrected chi connectivity index (χ3v) is 4.58. The molecule has 0 atom stereocenters. The highest BCUT2D eigenvalue weighted by molar-refractivity contribution is 5.91. The summed E-state index contributed by atoms with van der Waals surface area (Å²) in [5.74, 6) is 1.83. The summed E-state index contributed by atoms with van der Waals surface area (Å²) in [4.78, 5) is 14.2. The molecule has 1 aromatic heterocycles. The molecule has 0 spiro atoms. The number of halogens is 1. The number of carbonyl (C=O) groups excluding carboxylic acids is 1. The van der Waals surface area contributed by atoms with Crippen molar-refractivity contribution in [1.29, 1.82) is 0 Å². The van der Waals surface area contributed by atoms with Crippen molar-refractivity contribution in [2.75, 3.05) is 13.1 Å². The first-order valence-corrected chi connectivity index (χ1v) is 8.39. The normalized spacial score (nSPS) is 14.9. The van der Waals surface area contributed by atoms with Crippen LogP contribution in [0.3, 0.4) is 0 Å². The van der Waals surface area contributed by atoms with Crippen molar-refractivity contribution in [2.24, 2.45) is 5.73 Å². The van der Waals surface area contributed by atoms with Gasteiger partial charge in [0.25, 0.3) is 5.91 Å². The number of hydrogen-bond donors (Lipinski definition) is 1. The Morgan fingerprint density at radius 3 is 2.52 bits per heavy atom. The minimum Gasteiger partial charge on any atom is -0.490 e. The largest absolute Gasteiger partial charge is 0.490 e. The summed E-state index contributed by atoms with van der Waals surface area (Å²) < 4.78 is 11.5. The Kier molecular flexibility index (Phi) is 6.51. The van der Waals surface area contributed by atoms with E-state index in [1.807, 2.05) is 11.0 Å². The van der Waals surface area contributed by atoms with Crippen molar-refractivity contribution in [3.05, 3.63) is 53.0 Å². The van der Waals surface area contributed by atoms with Crippen LogP contribution in [0, 0.1) is 13.8 Å². The van der Waals surface area contributed by atoms with Gasteiger partial charge in [0, 0.05) is 25.9 Å². The molecule has 1 amide bonds.